The van der Waals surface area contributed by atoms with E-state index in [2.05, 4.69) is 5.32 Å². The van der Waals surface area contributed by atoms with Crippen molar-refractivity contribution in [3.05, 3.63) is 57.3 Å². The monoisotopic (exact) mass is 358 g/mol. The molecule has 0 saturated heterocycles. The largest absolute Gasteiger partial charge is 0.479 e. The molecule has 2 aromatic rings. The summed E-state index contributed by atoms with van der Waals surface area (Å²) in [7, 11) is 0. The number of thiophene rings is 1. The average Bonchev–Trinajstić information content (AvgIpc) is 3.32. The summed E-state index contributed by atoms with van der Waals surface area (Å²) < 4.78 is 0. The van der Waals surface area contributed by atoms with E-state index in [0.717, 1.165) is 28.8 Å². The standard InChI is InChI=1S/C19H22N2O3S/c1-12-4-3-5-14(10-12)17(18(22)23)20-19(24)21(15-6-7-15)11-16-13(2)8-9-25-16/h3-5,8-10,15,17H,6-7,11H2,1-2H3,(H,20,24)(H,22,23)/t17-/m0/s1. The lowest BCUT2D eigenvalue weighted by atomic mass is 10.0. The number of carboxylic acid groups (broad SMARTS) is 1. The number of carboxylic acids is 1. The molecule has 5 nitrogen and oxygen atoms in total. The predicted molar refractivity (Wildman–Crippen MR) is 97.7 cm³/mol. The van der Waals surface area contributed by atoms with Gasteiger partial charge in [0.15, 0.2) is 6.04 Å². The quantitative estimate of drug-likeness (QED) is 0.824. The topological polar surface area (TPSA) is 69.6 Å². The van der Waals surface area contributed by atoms with E-state index in [0.29, 0.717) is 12.1 Å². The molecule has 25 heavy (non-hydrogen) atoms. The predicted octanol–water partition coefficient (Wildman–Crippen LogP) is 3.86. The van der Waals surface area contributed by atoms with E-state index in [1.165, 1.54) is 0 Å². The van der Waals surface area contributed by atoms with Crippen molar-refractivity contribution in [2.24, 2.45) is 0 Å². The van der Waals surface area contributed by atoms with Gasteiger partial charge in [-0.3, -0.25) is 0 Å². The van der Waals surface area contributed by atoms with E-state index in [-0.39, 0.29) is 12.1 Å². The van der Waals surface area contributed by atoms with E-state index in [1.807, 2.05) is 31.4 Å². The third-order valence-electron chi connectivity index (χ3n) is 4.42. The molecule has 0 unspecified atom stereocenters. The van der Waals surface area contributed by atoms with Gasteiger partial charge in [-0.1, -0.05) is 29.8 Å². The van der Waals surface area contributed by atoms with E-state index in [4.69, 9.17) is 0 Å². The van der Waals surface area contributed by atoms with Crippen LogP contribution in [0.1, 0.15) is 40.5 Å². The number of hydrogen-bond donors (Lipinski definition) is 2. The van der Waals surface area contributed by atoms with Crippen molar-refractivity contribution in [1.29, 1.82) is 0 Å². The van der Waals surface area contributed by atoms with Gasteiger partial charge in [0.2, 0.25) is 0 Å². The van der Waals surface area contributed by atoms with Gasteiger partial charge in [-0.2, -0.15) is 0 Å². The number of urea groups is 1. The summed E-state index contributed by atoms with van der Waals surface area (Å²) in [6.07, 6.45) is 1.94. The Labute approximate surface area is 151 Å². The highest BCUT2D eigenvalue weighted by molar-refractivity contribution is 7.10. The zero-order chi connectivity index (χ0) is 18.0. The minimum absolute atomic E-state index is 0.202. The van der Waals surface area contributed by atoms with E-state index < -0.39 is 12.0 Å². The molecule has 1 heterocycles. The lowest BCUT2D eigenvalue weighted by molar-refractivity contribution is -0.139. The lowest BCUT2D eigenvalue weighted by Gasteiger charge is -2.25. The molecule has 0 radical (unpaired) electrons. The fourth-order valence-corrected chi connectivity index (χ4v) is 3.72. The molecule has 1 aliphatic carbocycles. The number of carbonyl (C=O) groups is 2. The molecule has 0 bridgehead atoms. The SMILES string of the molecule is Cc1cccc([C@H](NC(=O)N(Cc2sccc2C)C2CC2)C(=O)O)c1. The molecular weight excluding hydrogens is 336 g/mol. The van der Waals surface area contributed by atoms with Crippen molar-refractivity contribution in [2.45, 2.75) is 45.3 Å². The van der Waals surface area contributed by atoms with Crippen molar-refractivity contribution < 1.29 is 14.7 Å². The normalized spacial score (nSPS) is 14.8. The van der Waals surface area contributed by atoms with Gasteiger partial charge in [0.05, 0.1) is 6.54 Å². The number of amides is 2. The molecular formula is C19H22N2O3S. The Kier molecular flexibility index (Phi) is 5.08. The first kappa shape index (κ1) is 17.5. The van der Waals surface area contributed by atoms with Crippen LogP contribution >= 0.6 is 11.3 Å². The first-order chi connectivity index (χ1) is 12.0. The number of aliphatic carboxylic acids is 1. The number of hydrogen-bond acceptors (Lipinski definition) is 3. The maximum atomic E-state index is 12.8. The van der Waals surface area contributed by atoms with Crippen LogP contribution in [-0.4, -0.2) is 28.0 Å². The van der Waals surface area contributed by atoms with Crippen LogP contribution in [0, 0.1) is 13.8 Å². The number of carbonyl (C=O) groups excluding carboxylic acids is 1. The minimum Gasteiger partial charge on any atom is -0.479 e. The van der Waals surface area contributed by atoms with Crippen molar-refractivity contribution in [3.8, 4) is 0 Å². The molecule has 1 aromatic heterocycles. The van der Waals surface area contributed by atoms with Crippen LogP contribution in [0.3, 0.4) is 0 Å². The number of rotatable bonds is 6. The Balaban J connectivity index is 1.77. The molecule has 2 N–H and O–H groups in total. The van der Waals surface area contributed by atoms with Crippen LogP contribution in [0.15, 0.2) is 35.7 Å². The smallest absolute Gasteiger partial charge is 0.330 e. The second-order valence-electron chi connectivity index (χ2n) is 6.52. The van der Waals surface area contributed by atoms with Gasteiger partial charge in [0, 0.05) is 10.9 Å². The van der Waals surface area contributed by atoms with Gasteiger partial charge in [-0.05, 0) is 49.3 Å². The van der Waals surface area contributed by atoms with Crippen LogP contribution in [-0.2, 0) is 11.3 Å². The summed E-state index contributed by atoms with van der Waals surface area (Å²) in [4.78, 5) is 27.4. The number of aryl methyl sites for hydroxylation is 2. The van der Waals surface area contributed by atoms with Crippen molar-refractivity contribution >= 4 is 23.3 Å². The molecule has 132 valence electrons. The van der Waals surface area contributed by atoms with Crippen LogP contribution in [0.5, 0.6) is 0 Å². The minimum atomic E-state index is -1.05. The van der Waals surface area contributed by atoms with Crippen molar-refractivity contribution in [1.82, 2.24) is 10.2 Å². The second kappa shape index (κ2) is 7.27. The van der Waals surface area contributed by atoms with Crippen LogP contribution in [0.2, 0.25) is 0 Å². The zero-order valence-electron chi connectivity index (χ0n) is 14.4. The summed E-state index contributed by atoms with van der Waals surface area (Å²) in [6, 6.07) is 8.12. The third-order valence-corrected chi connectivity index (χ3v) is 5.43. The molecule has 1 saturated carbocycles. The molecule has 6 heteroatoms. The average molecular weight is 358 g/mol. The van der Waals surface area contributed by atoms with Crippen LogP contribution in [0.25, 0.3) is 0 Å². The Morgan fingerprint density at radius 1 is 1.32 bits per heavy atom. The van der Waals surface area contributed by atoms with Crippen molar-refractivity contribution in [2.75, 3.05) is 0 Å². The molecule has 0 aliphatic heterocycles. The van der Waals surface area contributed by atoms with Crippen LogP contribution < -0.4 is 5.32 Å². The second-order valence-corrected chi connectivity index (χ2v) is 7.52. The molecule has 1 fully saturated rings. The first-order valence-corrected chi connectivity index (χ1v) is 9.23. The molecule has 1 aliphatic rings. The Hall–Kier alpha value is -2.34. The molecule has 0 spiro atoms. The van der Waals surface area contributed by atoms with Crippen molar-refractivity contribution in [3.63, 3.8) is 0 Å². The highest BCUT2D eigenvalue weighted by Gasteiger charge is 2.35. The first-order valence-electron chi connectivity index (χ1n) is 8.35. The Morgan fingerprint density at radius 3 is 2.64 bits per heavy atom. The van der Waals surface area contributed by atoms with Gasteiger partial charge < -0.3 is 15.3 Å². The van der Waals surface area contributed by atoms with E-state index in [9.17, 15) is 14.7 Å². The van der Waals surface area contributed by atoms with Gasteiger partial charge in [0.1, 0.15) is 0 Å². The van der Waals surface area contributed by atoms with Crippen LogP contribution in [0.4, 0.5) is 4.79 Å². The summed E-state index contributed by atoms with van der Waals surface area (Å²) in [5.41, 5.74) is 2.71. The lowest BCUT2D eigenvalue weighted by Crippen LogP contribution is -2.44. The zero-order valence-corrected chi connectivity index (χ0v) is 15.2. The summed E-state index contributed by atoms with van der Waals surface area (Å²) in [5, 5.41) is 14.3. The number of benzene rings is 1. The highest BCUT2D eigenvalue weighted by atomic mass is 32.1. The van der Waals surface area contributed by atoms with Gasteiger partial charge in [0.25, 0.3) is 0 Å². The number of nitrogens with zero attached hydrogens (tertiary/aromatic N) is 1. The maximum Gasteiger partial charge on any atom is 0.330 e. The summed E-state index contributed by atoms with van der Waals surface area (Å²) in [5.74, 6) is -1.05. The molecule has 3 rings (SSSR count). The number of nitrogens with one attached hydrogen (secondary N) is 1. The maximum absolute atomic E-state index is 12.8. The Morgan fingerprint density at radius 2 is 2.08 bits per heavy atom. The van der Waals surface area contributed by atoms with E-state index >= 15 is 0 Å². The fourth-order valence-electron chi connectivity index (χ4n) is 2.82. The summed E-state index contributed by atoms with van der Waals surface area (Å²) in [6.45, 7) is 4.46. The van der Waals surface area contributed by atoms with Gasteiger partial charge in [-0.25, -0.2) is 9.59 Å². The fraction of sp³-hybridized carbons (Fsp3) is 0.368. The molecule has 2 amide bonds. The molecule has 1 atom stereocenters. The highest BCUT2D eigenvalue weighted by Crippen LogP contribution is 2.30. The summed E-state index contributed by atoms with van der Waals surface area (Å²) >= 11 is 1.63. The van der Waals surface area contributed by atoms with E-state index in [1.54, 1.807) is 34.4 Å². The third kappa shape index (κ3) is 4.20. The Bertz CT molecular complexity index is 782. The molecule has 1 aromatic carbocycles. The van der Waals surface area contributed by atoms with Gasteiger partial charge >= 0.3 is 12.0 Å². The van der Waals surface area contributed by atoms with Gasteiger partial charge in [-0.15, -0.1) is 11.3 Å².